The predicted octanol–water partition coefficient (Wildman–Crippen LogP) is 2.74. The number of aliphatic hydroxyl groups is 1. The molecule has 0 bridgehead atoms. The summed E-state index contributed by atoms with van der Waals surface area (Å²) in [6.07, 6.45) is 3.86. The third kappa shape index (κ3) is 5.10. The Morgan fingerprint density at radius 3 is 2.55 bits per heavy atom. The largest absolute Gasteiger partial charge is 0.396 e. The van der Waals surface area contributed by atoms with Gasteiger partial charge in [-0.05, 0) is 52.3 Å². The maximum Gasteiger partial charge on any atom is 0.0572 e. The Bertz CT molecular complexity index is 364. The Morgan fingerprint density at radius 2 is 2.05 bits per heavy atom. The van der Waals surface area contributed by atoms with E-state index < -0.39 is 0 Å². The summed E-state index contributed by atoms with van der Waals surface area (Å²) in [5.41, 5.74) is 2.20. The van der Waals surface area contributed by atoms with Crippen molar-refractivity contribution in [1.29, 1.82) is 0 Å². The second kappa shape index (κ2) is 8.93. The van der Waals surface area contributed by atoms with E-state index in [1.165, 1.54) is 0 Å². The average Bonchev–Trinajstić information content (AvgIpc) is 2.45. The van der Waals surface area contributed by atoms with Gasteiger partial charge >= 0.3 is 0 Å². The van der Waals surface area contributed by atoms with Gasteiger partial charge in [-0.3, -0.25) is 4.98 Å². The molecule has 0 spiro atoms. The molecular formula is C16H29N3O. The lowest BCUT2D eigenvalue weighted by Crippen LogP contribution is -2.32. The summed E-state index contributed by atoms with van der Waals surface area (Å²) in [6.45, 7) is 10.7. The van der Waals surface area contributed by atoms with E-state index in [-0.39, 0.29) is 12.6 Å². The molecule has 0 aliphatic rings. The van der Waals surface area contributed by atoms with Crippen molar-refractivity contribution >= 4 is 5.69 Å². The van der Waals surface area contributed by atoms with Crippen molar-refractivity contribution in [3.05, 3.63) is 24.0 Å². The molecular weight excluding hydrogens is 250 g/mol. The molecule has 1 aromatic heterocycles. The van der Waals surface area contributed by atoms with Crippen molar-refractivity contribution in [2.45, 2.75) is 52.6 Å². The van der Waals surface area contributed by atoms with Crippen LogP contribution in [-0.2, 0) is 0 Å². The van der Waals surface area contributed by atoms with Gasteiger partial charge in [0.05, 0.1) is 17.6 Å². The third-order valence-corrected chi connectivity index (χ3v) is 3.43. The van der Waals surface area contributed by atoms with Crippen LogP contribution in [0.2, 0.25) is 0 Å². The SMILES string of the molecule is CCCNC(C)c1ccc(N(CCCO)C(C)C)cn1. The molecule has 1 unspecified atom stereocenters. The Morgan fingerprint density at radius 1 is 1.30 bits per heavy atom. The van der Waals surface area contributed by atoms with Gasteiger partial charge in [0.25, 0.3) is 0 Å². The van der Waals surface area contributed by atoms with E-state index in [9.17, 15) is 0 Å². The van der Waals surface area contributed by atoms with Crippen molar-refractivity contribution in [1.82, 2.24) is 10.3 Å². The van der Waals surface area contributed by atoms with Crippen LogP contribution in [0.25, 0.3) is 0 Å². The summed E-state index contributed by atoms with van der Waals surface area (Å²) in [6, 6.07) is 4.92. The average molecular weight is 279 g/mol. The van der Waals surface area contributed by atoms with Crippen LogP contribution in [0.4, 0.5) is 5.69 Å². The lowest BCUT2D eigenvalue weighted by atomic mass is 10.2. The first-order chi connectivity index (χ1) is 9.60. The van der Waals surface area contributed by atoms with E-state index in [1.807, 2.05) is 6.20 Å². The van der Waals surface area contributed by atoms with E-state index in [0.29, 0.717) is 6.04 Å². The molecule has 2 N–H and O–H groups in total. The minimum Gasteiger partial charge on any atom is -0.396 e. The highest BCUT2D eigenvalue weighted by Crippen LogP contribution is 2.19. The van der Waals surface area contributed by atoms with E-state index in [1.54, 1.807) is 0 Å². The molecule has 0 amide bonds. The summed E-state index contributed by atoms with van der Waals surface area (Å²) >= 11 is 0. The molecule has 0 saturated carbocycles. The van der Waals surface area contributed by atoms with E-state index in [4.69, 9.17) is 5.11 Å². The zero-order valence-electron chi connectivity index (χ0n) is 13.3. The van der Waals surface area contributed by atoms with Gasteiger partial charge in [-0.2, -0.15) is 0 Å². The van der Waals surface area contributed by atoms with Gasteiger partial charge < -0.3 is 15.3 Å². The molecule has 4 heteroatoms. The summed E-state index contributed by atoms with van der Waals surface area (Å²) in [5.74, 6) is 0. The lowest BCUT2D eigenvalue weighted by Gasteiger charge is -2.28. The van der Waals surface area contributed by atoms with Crippen molar-refractivity contribution in [2.24, 2.45) is 0 Å². The van der Waals surface area contributed by atoms with Crippen LogP contribution in [-0.4, -0.2) is 35.8 Å². The maximum atomic E-state index is 8.99. The number of pyridine rings is 1. The number of hydrogen-bond acceptors (Lipinski definition) is 4. The molecule has 0 radical (unpaired) electrons. The molecule has 0 aliphatic carbocycles. The summed E-state index contributed by atoms with van der Waals surface area (Å²) in [4.78, 5) is 6.85. The highest BCUT2D eigenvalue weighted by molar-refractivity contribution is 5.45. The van der Waals surface area contributed by atoms with Gasteiger partial charge in [-0.15, -0.1) is 0 Å². The molecule has 20 heavy (non-hydrogen) atoms. The van der Waals surface area contributed by atoms with Crippen LogP contribution in [0, 0.1) is 0 Å². The maximum absolute atomic E-state index is 8.99. The first kappa shape index (κ1) is 16.9. The number of rotatable bonds is 9. The second-order valence-electron chi connectivity index (χ2n) is 5.48. The van der Waals surface area contributed by atoms with Crippen LogP contribution < -0.4 is 10.2 Å². The predicted molar refractivity (Wildman–Crippen MR) is 85.1 cm³/mol. The molecule has 0 aliphatic heterocycles. The monoisotopic (exact) mass is 279 g/mol. The van der Waals surface area contributed by atoms with Crippen molar-refractivity contribution < 1.29 is 5.11 Å². The van der Waals surface area contributed by atoms with Crippen LogP contribution in [0.3, 0.4) is 0 Å². The number of aromatic nitrogens is 1. The molecule has 114 valence electrons. The van der Waals surface area contributed by atoms with Crippen LogP contribution in [0.1, 0.15) is 52.3 Å². The third-order valence-electron chi connectivity index (χ3n) is 3.43. The number of nitrogens with zero attached hydrogens (tertiary/aromatic N) is 2. The molecule has 1 aromatic rings. The normalized spacial score (nSPS) is 12.7. The van der Waals surface area contributed by atoms with E-state index >= 15 is 0 Å². The van der Waals surface area contributed by atoms with Crippen LogP contribution >= 0.6 is 0 Å². The standard InChI is InChI=1S/C16H29N3O/c1-5-9-17-14(4)16-8-7-15(12-18-16)19(13(2)3)10-6-11-20/h7-8,12-14,17,20H,5-6,9-11H2,1-4H3. The fourth-order valence-corrected chi connectivity index (χ4v) is 2.22. The summed E-state index contributed by atoms with van der Waals surface area (Å²) < 4.78 is 0. The minimum absolute atomic E-state index is 0.229. The van der Waals surface area contributed by atoms with Gasteiger partial charge in [0.2, 0.25) is 0 Å². The first-order valence-electron chi connectivity index (χ1n) is 7.67. The molecule has 1 atom stereocenters. The second-order valence-corrected chi connectivity index (χ2v) is 5.48. The zero-order chi connectivity index (χ0) is 15.0. The number of anilines is 1. The number of hydrogen-bond donors (Lipinski definition) is 2. The van der Waals surface area contributed by atoms with Crippen LogP contribution in [0.5, 0.6) is 0 Å². The molecule has 1 heterocycles. The molecule has 0 aromatic carbocycles. The topological polar surface area (TPSA) is 48.4 Å². The Hall–Kier alpha value is -1.13. The van der Waals surface area contributed by atoms with Crippen LogP contribution in [0.15, 0.2) is 18.3 Å². The van der Waals surface area contributed by atoms with Crippen molar-refractivity contribution in [2.75, 3.05) is 24.6 Å². The smallest absolute Gasteiger partial charge is 0.0572 e. The molecule has 1 rings (SSSR count). The van der Waals surface area contributed by atoms with Gasteiger partial charge in [-0.25, -0.2) is 0 Å². The molecule has 0 saturated heterocycles. The minimum atomic E-state index is 0.229. The first-order valence-corrected chi connectivity index (χ1v) is 7.67. The Kier molecular flexibility index (Phi) is 7.55. The summed E-state index contributed by atoms with van der Waals surface area (Å²) in [5, 5.41) is 12.4. The fraction of sp³-hybridized carbons (Fsp3) is 0.688. The summed E-state index contributed by atoms with van der Waals surface area (Å²) in [7, 11) is 0. The highest BCUT2D eigenvalue weighted by atomic mass is 16.3. The molecule has 0 fully saturated rings. The Labute approximate surface area is 123 Å². The lowest BCUT2D eigenvalue weighted by molar-refractivity contribution is 0.288. The highest BCUT2D eigenvalue weighted by Gasteiger charge is 2.12. The van der Waals surface area contributed by atoms with Gasteiger partial charge in [-0.1, -0.05) is 6.92 Å². The zero-order valence-corrected chi connectivity index (χ0v) is 13.3. The van der Waals surface area contributed by atoms with Gasteiger partial charge in [0.15, 0.2) is 0 Å². The number of aliphatic hydroxyl groups excluding tert-OH is 1. The Balaban J connectivity index is 2.72. The quantitative estimate of drug-likeness (QED) is 0.730. The van der Waals surface area contributed by atoms with Gasteiger partial charge in [0, 0.05) is 25.2 Å². The number of nitrogens with one attached hydrogen (secondary N) is 1. The van der Waals surface area contributed by atoms with E-state index in [2.05, 4.69) is 55.0 Å². The van der Waals surface area contributed by atoms with Crippen molar-refractivity contribution in [3.8, 4) is 0 Å². The van der Waals surface area contributed by atoms with E-state index in [0.717, 1.165) is 37.3 Å². The van der Waals surface area contributed by atoms with Crippen molar-refractivity contribution in [3.63, 3.8) is 0 Å². The molecule has 4 nitrogen and oxygen atoms in total. The van der Waals surface area contributed by atoms with Gasteiger partial charge in [0.1, 0.15) is 0 Å². The fourth-order valence-electron chi connectivity index (χ4n) is 2.22.